The lowest BCUT2D eigenvalue weighted by Gasteiger charge is -2.40. The summed E-state index contributed by atoms with van der Waals surface area (Å²) in [5, 5.41) is 10.2. The van der Waals surface area contributed by atoms with Crippen LogP contribution in [0.4, 0.5) is 0 Å². The van der Waals surface area contributed by atoms with Crippen LogP contribution in [0.15, 0.2) is 0 Å². The SMILES string of the molecule is CCC(O)C1CCCCN1CC(=O)N1CC(C)OC(C)C1. The number of morpholine rings is 1. The molecule has 122 valence electrons. The van der Waals surface area contributed by atoms with Gasteiger partial charge in [0.2, 0.25) is 5.91 Å². The average Bonchev–Trinajstić information content (AvgIpc) is 2.46. The van der Waals surface area contributed by atoms with E-state index in [0.717, 1.165) is 32.2 Å². The van der Waals surface area contributed by atoms with Gasteiger partial charge in [-0.05, 0) is 39.7 Å². The van der Waals surface area contributed by atoms with E-state index < -0.39 is 0 Å². The summed E-state index contributed by atoms with van der Waals surface area (Å²) in [6.45, 7) is 8.74. The maximum absolute atomic E-state index is 12.6. The van der Waals surface area contributed by atoms with Gasteiger partial charge in [-0.15, -0.1) is 0 Å². The lowest BCUT2D eigenvalue weighted by atomic mass is 9.96. The molecule has 1 N–H and O–H groups in total. The van der Waals surface area contributed by atoms with E-state index in [2.05, 4.69) is 4.90 Å². The molecule has 5 heteroatoms. The van der Waals surface area contributed by atoms with Gasteiger partial charge in [-0.1, -0.05) is 13.3 Å². The largest absolute Gasteiger partial charge is 0.392 e. The van der Waals surface area contributed by atoms with Crippen LogP contribution in [0.3, 0.4) is 0 Å². The number of amides is 1. The molecule has 0 bridgehead atoms. The van der Waals surface area contributed by atoms with Crippen molar-refractivity contribution in [1.82, 2.24) is 9.80 Å². The van der Waals surface area contributed by atoms with Crippen LogP contribution < -0.4 is 0 Å². The van der Waals surface area contributed by atoms with Gasteiger partial charge in [0.15, 0.2) is 0 Å². The second kappa shape index (κ2) is 7.56. The summed E-state index contributed by atoms with van der Waals surface area (Å²) in [7, 11) is 0. The number of ether oxygens (including phenoxy) is 1. The second-order valence-corrected chi connectivity index (χ2v) is 6.57. The van der Waals surface area contributed by atoms with Gasteiger partial charge in [0.1, 0.15) is 0 Å². The zero-order valence-electron chi connectivity index (χ0n) is 13.6. The number of piperidine rings is 1. The first-order chi connectivity index (χ1) is 10.0. The molecule has 0 aromatic rings. The first kappa shape index (κ1) is 16.7. The van der Waals surface area contributed by atoms with Gasteiger partial charge < -0.3 is 14.7 Å². The normalized spacial score (nSPS) is 33.0. The minimum atomic E-state index is -0.319. The van der Waals surface area contributed by atoms with Gasteiger partial charge in [-0.25, -0.2) is 0 Å². The van der Waals surface area contributed by atoms with E-state index >= 15 is 0 Å². The molecule has 2 fully saturated rings. The fourth-order valence-electron chi connectivity index (χ4n) is 3.58. The highest BCUT2D eigenvalue weighted by Gasteiger charge is 2.32. The summed E-state index contributed by atoms with van der Waals surface area (Å²) in [5.41, 5.74) is 0. The monoisotopic (exact) mass is 298 g/mol. The second-order valence-electron chi connectivity index (χ2n) is 6.57. The Morgan fingerprint density at radius 1 is 1.29 bits per heavy atom. The van der Waals surface area contributed by atoms with Crippen molar-refractivity contribution in [2.75, 3.05) is 26.2 Å². The lowest BCUT2D eigenvalue weighted by Crippen LogP contribution is -2.54. The van der Waals surface area contributed by atoms with Crippen molar-refractivity contribution >= 4 is 5.91 Å². The van der Waals surface area contributed by atoms with Crippen molar-refractivity contribution in [3.05, 3.63) is 0 Å². The first-order valence-electron chi connectivity index (χ1n) is 8.36. The van der Waals surface area contributed by atoms with Crippen molar-refractivity contribution in [3.63, 3.8) is 0 Å². The smallest absolute Gasteiger partial charge is 0.236 e. The Labute approximate surface area is 128 Å². The molecule has 4 atom stereocenters. The van der Waals surface area contributed by atoms with Crippen molar-refractivity contribution in [2.24, 2.45) is 0 Å². The molecule has 0 spiro atoms. The highest BCUT2D eigenvalue weighted by atomic mass is 16.5. The standard InChI is InChI=1S/C16H30N2O3/c1-4-15(19)14-7-5-6-8-17(14)11-16(20)18-9-12(2)21-13(3)10-18/h12-15,19H,4-11H2,1-3H3. The maximum atomic E-state index is 12.6. The van der Waals surface area contributed by atoms with E-state index in [4.69, 9.17) is 4.74 Å². The van der Waals surface area contributed by atoms with Crippen LogP contribution >= 0.6 is 0 Å². The molecule has 2 aliphatic rings. The molecule has 0 aromatic heterocycles. The Balaban J connectivity index is 1.93. The molecule has 0 saturated carbocycles. The van der Waals surface area contributed by atoms with Crippen LogP contribution in [0.5, 0.6) is 0 Å². The van der Waals surface area contributed by atoms with Crippen molar-refractivity contribution in [3.8, 4) is 0 Å². The number of hydrogen-bond acceptors (Lipinski definition) is 4. The summed E-state index contributed by atoms with van der Waals surface area (Å²) in [6.07, 6.45) is 3.92. The Bertz CT molecular complexity index is 340. The van der Waals surface area contributed by atoms with Gasteiger partial charge in [0, 0.05) is 19.1 Å². The van der Waals surface area contributed by atoms with E-state index in [-0.39, 0.29) is 30.3 Å². The van der Waals surface area contributed by atoms with Crippen molar-refractivity contribution < 1.29 is 14.6 Å². The number of rotatable bonds is 4. The van der Waals surface area contributed by atoms with Crippen LogP contribution in [0.1, 0.15) is 46.5 Å². The van der Waals surface area contributed by atoms with E-state index in [9.17, 15) is 9.90 Å². The number of aliphatic hydroxyl groups is 1. The fourth-order valence-corrected chi connectivity index (χ4v) is 3.58. The number of aliphatic hydroxyl groups excluding tert-OH is 1. The third kappa shape index (κ3) is 4.41. The number of likely N-dealkylation sites (tertiary alicyclic amines) is 1. The minimum absolute atomic E-state index is 0.107. The summed E-state index contributed by atoms with van der Waals surface area (Å²) in [5.74, 6) is 0.173. The molecule has 21 heavy (non-hydrogen) atoms. The van der Waals surface area contributed by atoms with Gasteiger partial charge in [0.25, 0.3) is 0 Å². The van der Waals surface area contributed by atoms with Gasteiger partial charge in [-0.3, -0.25) is 9.69 Å². The summed E-state index contributed by atoms with van der Waals surface area (Å²) in [4.78, 5) is 16.7. The van der Waals surface area contributed by atoms with Crippen LogP contribution in [0, 0.1) is 0 Å². The zero-order chi connectivity index (χ0) is 15.4. The molecule has 4 unspecified atom stereocenters. The fraction of sp³-hybridized carbons (Fsp3) is 0.938. The number of hydrogen-bond donors (Lipinski definition) is 1. The van der Waals surface area contributed by atoms with Gasteiger partial charge in [0.05, 0.1) is 24.9 Å². The van der Waals surface area contributed by atoms with E-state index in [0.29, 0.717) is 19.6 Å². The minimum Gasteiger partial charge on any atom is -0.392 e. The quantitative estimate of drug-likeness (QED) is 0.848. The third-order valence-corrected chi connectivity index (χ3v) is 4.64. The Kier molecular flexibility index (Phi) is 6.02. The maximum Gasteiger partial charge on any atom is 0.236 e. The molecule has 0 aromatic carbocycles. The summed E-state index contributed by atoms with van der Waals surface area (Å²) >= 11 is 0. The van der Waals surface area contributed by atoms with E-state index in [1.54, 1.807) is 0 Å². The van der Waals surface area contributed by atoms with E-state index in [1.165, 1.54) is 0 Å². The Morgan fingerprint density at radius 2 is 1.95 bits per heavy atom. The molecule has 1 amide bonds. The molecule has 2 heterocycles. The highest BCUT2D eigenvalue weighted by molar-refractivity contribution is 5.78. The Hall–Kier alpha value is -0.650. The van der Waals surface area contributed by atoms with Gasteiger partial charge in [-0.2, -0.15) is 0 Å². The average molecular weight is 298 g/mol. The van der Waals surface area contributed by atoms with Crippen LogP contribution in [0.25, 0.3) is 0 Å². The molecule has 5 nitrogen and oxygen atoms in total. The van der Waals surface area contributed by atoms with Crippen molar-refractivity contribution in [2.45, 2.75) is 70.8 Å². The van der Waals surface area contributed by atoms with Crippen LogP contribution in [0.2, 0.25) is 0 Å². The lowest BCUT2D eigenvalue weighted by molar-refractivity contribution is -0.146. The van der Waals surface area contributed by atoms with Crippen molar-refractivity contribution in [1.29, 1.82) is 0 Å². The van der Waals surface area contributed by atoms with E-state index in [1.807, 2.05) is 25.7 Å². The molecule has 0 aliphatic carbocycles. The predicted octanol–water partition coefficient (Wildman–Crippen LogP) is 1.25. The first-order valence-corrected chi connectivity index (χ1v) is 8.36. The molecular weight excluding hydrogens is 268 g/mol. The molecular formula is C16H30N2O3. The summed E-state index contributed by atoms with van der Waals surface area (Å²) in [6, 6.07) is 0.142. The molecule has 2 saturated heterocycles. The number of carbonyl (C=O) groups excluding carboxylic acids is 1. The molecule has 2 rings (SSSR count). The highest BCUT2D eigenvalue weighted by Crippen LogP contribution is 2.21. The van der Waals surface area contributed by atoms with Gasteiger partial charge >= 0.3 is 0 Å². The number of nitrogens with zero attached hydrogens (tertiary/aromatic N) is 2. The van der Waals surface area contributed by atoms with Crippen LogP contribution in [-0.4, -0.2) is 71.3 Å². The molecule has 2 aliphatic heterocycles. The number of carbonyl (C=O) groups is 1. The molecule has 0 radical (unpaired) electrons. The topological polar surface area (TPSA) is 53.0 Å². The third-order valence-electron chi connectivity index (χ3n) is 4.64. The predicted molar refractivity (Wildman–Crippen MR) is 82.1 cm³/mol. The van der Waals surface area contributed by atoms with Crippen LogP contribution in [-0.2, 0) is 9.53 Å². The summed E-state index contributed by atoms with van der Waals surface area (Å²) < 4.78 is 5.69. The zero-order valence-corrected chi connectivity index (χ0v) is 13.6. The Morgan fingerprint density at radius 3 is 2.57 bits per heavy atom.